The highest BCUT2D eigenvalue weighted by Gasteiger charge is 2.58. The van der Waals surface area contributed by atoms with E-state index in [1.54, 1.807) is 24.3 Å². The van der Waals surface area contributed by atoms with Crippen LogP contribution in [0, 0.1) is 0 Å². The molecule has 1 saturated heterocycles. The first-order valence-corrected chi connectivity index (χ1v) is 11.8. The highest BCUT2D eigenvalue weighted by Crippen LogP contribution is 2.43. The minimum absolute atomic E-state index is 0.163. The van der Waals surface area contributed by atoms with Crippen LogP contribution in [0.5, 0.6) is 0 Å². The number of pyridine rings is 1. The van der Waals surface area contributed by atoms with E-state index in [4.69, 9.17) is 0 Å². The summed E-state index contributed by atoms with van der Waals surface area (Å²) in [6, 6.07) is 11.7. The van der Waals surface area contributed by atoms with Crippen LogP contribution in [0.3, 0.4) is 0 Å². The fourth-order valence-electron chi connectivity index (χ4n) is 3.38. The summed E-state index contributed by atoms with van der Waals surface area (Å²) in [4.78, 5) is 28.0. The molecule has 9 nitrogen and oxygen atoms in total. The zero-order valence-electron chi connectivity index (χ0n) is 15.2. The quantitative estimate of drug-likeness (QED) is 0.538. The van der Waals surface area contributed by atoms with Gasteiger partial charge in [0.2, 0.25) is 9.84 Å². The number of carboxylic acid groups (broad SMARTS) is 1. The molecule has 1 aromatic carbocycles. The Morgan fingerprint density at radius 1 is 1.13 bits per heavy atom. The number of nitrogens with zero attached hydrogens (tertiary/aromatic N) is 2. The minimum Gasteiger partial charge on any atom is -0.477 e. The van der Waals surface area contributed by atoms with Gasteiger partial charge in [-0.1, -0.05) is 24.3 Å². The van der Waals surface area contributed by atoms with Crippen molar-refractivity contribution in [1.82, 2.24) is 9.88 Å². The van der Waals surface area contributed by atoms with Gasteiger partial charge < -0.3 is 5.11 Å². The third kappa shape index (κ3) is 3.02. The molecule has 1 amide bonds. The molecule has 1 aromatic heterocycles. The number of carboxylic acids is 1. The van der Waals surface area contributed by atoms with Crippen molar-refractivity contribution in [3.05, 3.63) is 76.6 Å². The van der Waals surface area contributed by atoms with Gasteiger partial charge in [-0.15, -0.1) is 0 Å². The van der Waals surface area contributed by atoms with Crippen LogP contribution < -0.4 is 0 Å². The van der Waals surface area contributed by atoms with Gasteiger partial charge in [0.05, 0.1) is 26.8 Å². The smallest absolute Gasteiger partial charge is 0.353 e. The molecule has 0 bridgehead atoms. The normalized spacial score (nSPS) is 21.9. The van der Waals surface area contributed by atoms with Crippen molar-refractivity contribution in [2.75, 3.05) is 5.75 Å². The largest absolute Gasteiger partial charge is 0.477 e. The van der Waals surface area contributed by atoms with Gasteiger partial charge in [0, 0.05) is 6.20 Å². The average Bonchev–Trinajstić information content (AvgIpc) is 2.72. The maximum atomic E-state index is 13.0. The molecule has 2 aliphatic rings. The van der Waals surface area contributed by atoms with Crippen LogP contribution in [0.15, 0.2) is 75.8 Å². The van der Waals surface area contributed by atoms with Crippen LogP contribution in [0.1, 0.15) is 5.69 Å². The Kier molecular flexibility index (Phi) is 4.59. The van der Waals surface area contributed by atoms with Gasteiger partial charge in [0.25, 0.3) is 5.91 Å². The summed E-state index contributed by atoms with van der Waals surface area (Å²) in [7, 11) is -8.68. The van der Waals surface area contributed by atoms with E-state index in [0.29, 0.717) is 10.6 Å². The van der Waals surface area contributed by atoms with E-state index in [2.05, 4.69) is 4.98 Å². The third-order valence-electron chi connectivity index (χ3n) is 4.72. The Labute approximate surface area is 171 Å². The van der Waals surface area contributed by atoms with E-state index in [-0.39, 0.29) is 10.5 Å². The Morgan fingerprint density at radius 3 is 2.40 bits per heavy atom. The van der Waals surface area contributed by atoms with E-state index >= 15 is 0 Å². The number of amides is 1. The number of β-lactam (4-membered cyclic amide) rings is 1. The predicted octanol–water partition coefficient (Wildman–Crippen LogP) is 0.832. The number of carbonyl (C=O) groups excluding carboxylic acids is 1. The number of aromatic nitrogens is 1. The van der Waals surface area contributed by atoms with Crippen LogP contribution in [-0.4, -0.2) is 54.8 Å². The lowest BCUT2D eigenvalue weighted by molar-refractivity contribution is -0.141. The summed E-state index contributed by atoms with van der Waals surface area (Å²) in [5.41, 5.74) is -0.690. The van der Waals surface area contributed by atoms with Crippen LogP contribution >= 0.6 is 0 Å². The van der Waals surface area contributed by atoms with Crippen LogP contribution in [0.4, 0.5) is 0 Å². The van der Waals surface area contributed by atoms with E-state index in [1.807, 2.05) is 0 Å². The fraction of sp³-hybridized carbons (Fsp3) is 0.105. The standard InChI is InChI=1S/C19H14N2O7S2/c22-17-14(10-12-6-4-5-9-20-12)18-21(17)16(19(23)24)15(11-29(18,25)26)30(27,28)13-7-2-1-3-8-13/h1-10,18H,11H2,(H,23,24)/b14-10-. The minimum atomic E-state index is -4.46. The van der Waals surface area contributed by atoms with Crippen LogP contribution in [0.25, 0.3) is 6.08 Å². The molecule has 0 radical (unpaired) electrons. The Balaban J connectivity index is 1.89. The maximum absolute atomic E-state index is 13.0. The van der Waals surface area contributed by atoms with E-state index in [1.165, 1.54) is 36.5 Å². The van der Waals surface area contributed by atoms with Gasteiger partial charge in [-0.2, -0.15) is 0 Å². The number of hydrogen-bond donors (Lipinski definition) is 1. The molecule has 1 N–H and O–H groups in total. The molecule has 1 fully saturated rings. The lowest BCUT2D eigenvalue weighted by atomic mass is 10.0. The molecule has 0 spiro atoms. The number of rotatable bonds is 4. The second-order valence-corrected chi connectivity index (χ2v) is 10.6. The highest BCUT2D eigenvalue weighted by molar-refractivity contribution is 7.98. The molecule has 11 heteroatoms. The molecular weight excluding hydrogens is 432 g/mol. The van der Waals surface area contributed by atoms with Crippen LogP contribution in [0.2, 0.25) is 0 Å². The first-order chi connectivity index (χ1) is 14.1. The van der Waals surface area contributed by atoms with Crippen molar-refractivity contribution in [2.24, 2.45) is 0 Å². The SMILES string of the molecule is O=C(O)C1=C(S(=O)(=O)c2ccccc2)CS(=O)(=O)C2/C(=C\c3ccccn3)C(=O)N12. The zero-order valence-corrected chi connectivity index (χ0v) is 16.8. The molecule has 0 aliphatic carbocycles. The highest BCUT2D eigenvalue weighted by atomic mass is 32.2. The number of sulfone groups is 2. The third-order valence-corrected chi connectivity index (χ3v) is 8.61. The second kappa shape index (κ2) is 6.89. The summed E-state index contributed by atoms with van der Waals surface area (Å²) >= 11 is 0. The first kappa shape index (κ1) is 20.0. The molecule has 1 unspecified atom stereocenters. The van der Waals surface area contributed by atoms with Crippen molar-refractivity contribution in [3.8, 4) is 0 Å². The molecule has 3 heterocycles. The van der Waals surface area contributed by atoms with E-state index in [9.17, 15) is 31.5 Å². The van der Waals surface area contributed by atoms with Gasteiger partial charge in [-0.05, 0) is 30.3 Å². The molecular formula is C19H14N2O7S2. The Morgan fingerprint density at radius 2 is 1.80 bits per heavy atom. The van der Waals surface area contributed by atoms with Crippen LogP contribution in [-0.2, 0) is 29.3 Å². The predicted molar refractivity (Wildman–Crippen MR) is 105 cm³/mol. The summed E-state index contributed by atoms with van der Waals surface area (Å²) in [6.07, 6.45) is 2.72. The van der Waals surface area contributed by atoms with Crippen molar-refractivity contribution in [3.63, 3.8) is 0 Å². The van der Waals surface area contributed by atoms with Gasteiger partial charge in [-0.3, -0.25) is 14.7 Å². The zero-order chi connectivity index (χ0) is 21.7. The lowest BCUT2D eigenvalue weighted by Crippen LogP contribution is -2.62. The maximum Gasteiger partial charge on any atom is 0.353 e. The summed E-state index contributed by atoms with van der Waals surface area (Å²) < 4.78 is 51.8. The van der Waals surface area contributed by atoms with Crippen molar-refractivity contribution in [1.29, 1.82) is 0 Å². The molecule has 4 rings (SSSR count). The fourth-order valence-corrected chi connectivity index (χ4v) is 7.48. The van der Waals surface area contributed by atoms with Gasteiger partial charge in [-0.25, -0.2) is 21.6 Å². The van der Waals surface area contributed by atoms with E-state index in [0.717, 1.165) is 0 Å². The number of aliphatic carboxylic acids is 1. The molecule has 1 atom stereocenters. The summed E-state index contributed by atoms with van der Waals surface area (Å²) in [5.74, 6) is -3.62. The molecule has 2 aromatic rings. The summed E-state index contributed by atoms with van der Waals surface area (Å²) in [5, 5.41) is 8.09. The van der Waals surface area contributed by atoms with Gasteiger partial charge in [0.1, 0.15) is 5.70 Å². The average molecular weight is 446 g/mol. The van der Waals surface area contributed by atoms with Gasteiger partial charge >= 0.3 is 5.97 Å². The molecule has 0 saturated carbocycles. The number of fused-ring (bicyclic) bond motifs is 1. The van der Waals surface area contributed by atoms with Gasteiger partial charge in [0.15, 0.2) is 15.2 Å². The van der Waals surface area contributed by atoms with Crippen molar-refractivity contribution in [2.45, 2.75) is 10.3 Å². The lowest BCUT2D eigenvalue weighted by Gasteiger charge is -2.45. The van der Waals surface area contributed by atoms with Crippen molar-refractivity contribution < 1.29 is 31.5 Å². The molecule has 2 aliphatic heterocycles. The molecule has 30 heavy (non-hydrogen) atoms. The Bertz CT molecular complexity index is 1330. The summed E-state index contributed by atoms with van der Waals surface area (Å²) in [6.45, 7) is 0. The monoisotopic (exact) mass is 446 g/mol. The number of benzene rings is 1. The molecule has 154 valence electrons. The number of hydrogen-bond acceptors (Lipinski definition) is 7. The van der Waals surface area contributed by atoms with Crippen molar-refractivity contribution >= 4 is 37.6 Å². The van der Waals surface area contributed by atoms with E-state index < -0.39 is 53.3 Å². The Hall–Kier alpha value is -3.31. The number of carbonyl (C=O) groups is 2. The second-order valence-electron chi connectivity index (χ2n) is 6.58. The topological polar surface area (TPSA) is 139 Å². The first-order valence-electron chi connectivity index (χ1n) is 8.59.